The van der Waals surface area contributed by atoms with Crippen molar-refractivity contribution in [3.63, 3.8) is 0 Å². The van der Waals surface area contributed by atoms with Crippen molar-refractivity contribution in [1.82, 2.24) is 0 Å². The molecule has 20 heavy (non-hydrogen) atoms. The SMILES string of the molecule is C1=C/C=C2/C=C\C=C/CC3C2=C(C=C1)c1ccccc13. The second kappa shape index (κ2) is 4.64. The fraction of sp³-hybridized carbons (Fsp3) is 0.100. The average Bonchev–Trinajstić information content (AvgIpc) is 2.72. The molecular formula is C20H16. The third kappa shape index (κ3) is 1.69. The van der Waals surface area contributed by atoms with Crippen molar-refractivity contribution in [2.24, 2.45) is 0 Å². The molecule has 0 spiro atoms. The Labute approximate surface area is 119 Å². The number of hydrogen-bond acceptors (Lipinski definition) is 0. The molecule has 1 aromatic carbocycles. The summed E-state index contributed by atoms with van der Waals surface area (Å²) in [6.07, 6.45) is 20.8. The summed E-state index contributed by atoms with van der Waals surface area (Å²) in [7, 11) is 0. The van der Waals surface area contributed by atoms with E-state index in [-0.39, 0.29) is 0 Å². The van der Waals surface area contributed by atoms with Gasteiger partial charge in [0.25, 0.3) is 0 Å². The number of allylic oxidation sites excluding steroid dienone is 12. The molecule has 96 valence electrons. The van der Waals surface area contributed by atoms with Crippen LogP contribution in [0.15, 0.2) is 90.1 Å². The highest BCUT2D eigenvalue weighted by molar-refractivity contribution is 5.89. The second-order valence-corrected chi connectivity index (χ2v) is 5.36. The first-order valence-electron chi connectivity index (χ1n) is 7.17. The van der Waals surface area contributed by atoms with Crippen molar-refractivity contribution in [3.05, 3.63) is 101 Å². The average molecular weight is 256 g/mol. The largest absolute Gasteiger partial charge is 0.0836 e. The zero-order chi connectivity index (χ0) is 13.4. The van der Waals surface area contributed by atoms with Gasteiger partial charge in [-0.3, -0.25) is 0 Å². The summed E-state index contributed by atoms with van der Waals surface area (Å²) in [6, 6.07) is 8.83. The molecule has 3 aliphatic carbocycles. The first-order chi connectivity index (χ1) is 9.95. The van der Waals surface area contributed by atoms with Crippen molar-refractivity contribution in [1.29, 1.82) is 0 Å². The van der Waals surface area contributed by atoms with Gasteiger partial charge in [-0.15, -0.1) is 0 Å². The molecule has 0 fully saturated rings. The smallest absolute Gasteiger partial charge is 0.0142 e. The fourth-order valence-electron chi connectivity index (χ4n) is 3.38. The molecule has 0 aromatic heterocycles. The zero-order valence-electron chi connectivity index (χ0n) is 11.3. The van der Waals surface area contributed by atoms with Crippen LogP contribution in [0.2, 0.25) is 0 Å². The number of rotatable bonds is 0. The number of benzene rings is 1. The lowest BCUT2D eigenvalue weighted by atomic mass is 9.86. The second-order valence-electron chi connectivity index (χ2n) is 5.36. The number of hydrogen-bond donors (Lipinski definition) is 0. The molecule has 1 atom stereocenters. The van der Waals surface area contributed by atoms with Crippen molar-refractivity contribution in [2.45, 2.75) is 12.3 Å². The topological polar surface area (TPSA) is 0 Å². The van der Waals surface area contributed by atoms with Crippen LogP contribution in [0.3, 0.4) is 0 Å². The van der Waals surface area contributed by atoms with Gasteiger partial charge < -0.3 is 0 Å². The maximum absolute atomic E-state index is 2.28. The Hall–Kier alpha value is -2.34. The minimum absolute atomic E-state index is 0.491. The Morgan fingerprint density at radius 1 is 0.850 bits per heavy atom. The van der Waals surface area contributed by atoms with Crippen molar-refractivity contribution >= 4 is 5.57 Å². The van der Waals surface area contributed by atoms with Gasteiger partial charge in [0.1, 0.15) is 0 Å². The summed E-state index contributed by atoms with van der Waals surface area (Å²) >= 11 is 0. The molecule has 3 aliphatic rings. The van der Waals surface area contributed by atoms with Gasteiger partial charge in [-0.1, -0.05) is 78.9 Å². The quantitative estimate of drug-likeness (QED) is 0.605. The van der Waals surface area contributed by atoms with Crippen LogP contribution in [0.1, 0.15) is 23.5 Å². The van der Waals surface area contributed by atoms with Gasteiger partial charge in [0.05, 0.1) is 0 Å². The molecule has 0 radical (unpaired) electrons. The third-order valence-electron chi connectivity index (χ3n) is 4.23. The molecule has 1 aromatic rings. The molecule has 0 nitrogen and oxygen atoms in total. The van der Waals surface area contributed by atoms with E-state index in [1.165, 1.54) is 27.8 Å². The molecule has 0 N–H and O–H groups in total. The molecular weight excluding hydrogens is 240 g/mol. The maximum atomic E-state index is 2.28. The Morgan fingerprint density at radius 3 is 2.75 bits per heavy atom. The van der Waals surface area contributed by atoms with Gasteiger partial charge in [0.2, 0.25) is 0 Å². The highest BCUT2D eigenvalue weighted by atomic mass is 14.3. The summed E-state index contributed by atoms with van der Waals surface area (Å²) in [6.45, 7) is 0. The molecule has 0 aliphatic heterocycles. The normalized spacial score (nSPS) is 28.4. The monoisotopic (exact) mass is 256 g/mol. The van der Waals surface area contributed by atoms with Crippen LogP contribution in [0.4, 0.5) is 0 Å². The Bertz CT molecular complexity index is 733. The summed E-state index contributed by atoms with van der Waals surface area (Å²) in [5, 5.41) is 0. The van der Waals surface area contributed by atoms with E-state index in [1.807, 2.05) is 0 Å². The van der Waals surface area contributed by atoms with E-state index in [9.17, 15) is 0 Å². The molecule has 0 saturated heterocycles. The maximum Gasteiger partial charge on any atom is 0.0142 e. The lowest BCUT2D eigenvalue weighted by Gasteiger charge is -2.18. The van der Waals surface area contributed by atoms with E-state index in [2.05, 4.69) is 78.9 Å². The van der Waals surface area contributed by atoms with Crippen LogP contribution in [-0.2, 0) is 0 Å². The Balaban J connectivity index is 2.02. The van der Waals surface area contributed by atoms with Gasteiger partial charge in [-0.25, -0.2) is 0 Å². The molecule has 0 heterocycles. The molecule has 0 saturated carbocycles. The first kappa shape index (κ1) is 11.5. The molecule has 4 rings (SSSR count). The first-order valence-corrected chi connectivity index (χ1v) is 7.17. The zero-order valence-corrected chi connectivity index (χ0v) is 11.3. The van der Waals surface area contributed by atoms with Crippen LogP contribution < -0.4 is 0 Å². The van der Waals surface area contributed by atoms with E-state index in [0.29, 0.717) is 5.92 Å². The highest BCUT2D eigenvalue weighted by Gasteiger charge is 2.30. The summed E-state index contributed by atoms with van der Waals surface area (Å²) in [5.74, 6) is 0.491. The van der Waals surface area contributed by atoms with Crippen LogP contribution >= 0.6 is 0 Å². The van der Waals surface area contributed by atoms with Crippen LogP contribution in [0.25, 0.3) is 5.57 Å². The summed E-state index contributed by atoms with van der Waals surface area (Å²) in [4.78, 5) is 0. The molecule has 1 unspecified atom stereocenters. The van der Waals surface area contributed by atoms with E-state index in [1.54, 1.807) is 0 Å². The lowest BCUT2D eigenvalue weighted by molar-refractivity contribution is 0.837. The third-order valence-corrected chi connectivity index (χ3v) is 4.23. The van der Waals surface area contributed by atoms with Gasteiger partial charge in [0, 0.05) is 5.92 Å². The van der Waals surface area contributed by atoms with Gasteiger partial charge in [0.15, 0.2) is 0 Å². The van der Waals surface area contributed by atoms with Gasteiger partial charge in [-0.2, -0.15) is 0 Å². The molecule has 0 amide bonds. The standard InChI is InChI=1S/C20H16/c1-3-9-15-10-4-2-6-14-19-17-12-8-7-11-16(17)18(13-5-1)20(15)19/h1-13,19H,14H2/b3-1?,5-1?,6-2-,9-3?,10-4-,13-5?,15-9-,18-13?,20-15?. The van der Waals surface area contributed by atoms with Crippen molar-refractivity contribution < 1.29 is 0 Å². The fourth-order valence-corrected chi connectivity index (χ4v) is 3.38. The predicted molar refractivity (Wildman–Crippen MR) is 85.4 cm³/mol. The van der Waals surface area contributed by atoms with Gasteiger partial charge >= 0.3 is 0 Å². The predicted octanol–water partition coefficient (Wildman–Crippen LogP) is 5.11. The lowest BCUT2D eigenvalue weighted by Crippen LogP contribution is -2.01. The highest BCUT2D eigenvalue weighted by Crippen LogP contribution is 2.48. The molecule has 0 bridgehead atoms. The van der Waals surface area contributed by atoms with Crippen molar-refractivity contribution in [2.75, 3.05) is 0 Å². The van der Waals surface area contributed by atoms with Crippen LogP contribution in [0.5, 0.6) is 0 Å². The van der Waals surface area contributed by atoms with Crippen LogP contribution in [0, 0.1) is 0 Å². The van der Waals surface area contributed by atoms with E-state index in [0.717, 1.165) is 6.42 Å². The van der Waals surface area contributed by atoms with Crippen molar-refractivity contribution in [3.8, 4) is 0 Å². The Kier molecular flexibility index (Phi) is 2.67. The molecule has 0 heteroatoms. The summed E-state index contributed by atoms with van der Waals surface area (Å²) in [5.41, 5.74) is 7.07. The van der Waals surface area contributed by atoms with E-state index >= 15 is 0 Å². The Morgan fingerprint density at radius 2 is 1.75 bits per heavy atom. The van der Waals surface area contributed by atoms with Gasteiger partial charge in [-0.05, 0) is 34.3 Å². The van der Waals surface area contributed by atoms with E-state index in [4.69, 9.17) is 0 Å². The number of fused-ring (bicyclic) bond motifs is 3. The summed E-state index contributed by atoms with van der Waals surface area (Å²) < 4.78 is 0. The van der Waals surface area contributed by atoms with E-state index < -0.39 is 0 Å². The van der Waals surface area contributed by atoms with Crippen LogP contribution in [-0.4, -0.2) is 0 Å². The minimum Gasteiger partial charge on any atom is -0.0836 e. The minimum atomic E-state index is 0.491.